The third-order valence-electron chi connectivity index (χ3n) is 3.80. The van der Waals surface area contributed by atoms with Crippen LogP contribution in [0, 0.1) is 5.92 Å². The second-order valence-electron chi connectivity index (χ2n) is 5.58. The minimum absolute atomic E-state index is 0.0627. The lowest BCUT2D eigenvalue weighted by molar-refractivity contribution is 0.0598. The predicted octanol–water partition coefficient (Wildman–Crippen LogP) is 0.275. The van der Waals surface area contributed by atoms with Crippen molar-refractivity contribution in [2.24, 2.45) is 11.7 Å². The van der Waals surface area contributed by atoms with Crippen LogP contribution in [0.5, 0.6) is 0 Å². The van der Waals surface area contributed by atoms with Crippen molar-refractivity contribution in [3.05, 3.63) is 29.3 Å². The van der Waals surface area contributed by atoms with E-state index < -0.39 is 22.0 Å². The highest BCUT2D eigenvalue weighted by Gasteiger charge is 2.29. The van der Waals surface area contributed by atoms with Crippen molar-refractivity contribution in [2.75, 3.05) is 20.8 Å². The van der Waals surface area contributed by atoms with E-state index in [-0.39, 0.29) is 28.6 Å². The molecule has 9 heteroatoms. The highest BCUT2D eigenvalue weighted by molar-refractivity contribution is 7.89. The van der Waals surface area contributed by atoms with Gasteiger partial charge in [0, 0.05) is 12.6 Å². The van der Waals surface area contributed by atoms with Crippen LogP contribution in [0.2, 0.25) is 0 Å². The van der Waals surface area contributed by atoms with Crippen molar-refractivity contribution < 1.29 is 27.5 Å². The Morgan fingerprint density at radius 3 is 2.08 bits per heavy atom. The number of nitrogens with one attached hydrogen (secondary N) is 1. The van der Waals surface area contributed by atoms with E-state index in [9.17, 15) is 18.0 Å². The number of sulfonamides is 1. The van der Waals surface area contributed by atoms with Gasteiger partial charge in [-0.2, -0.15) is 0 Å². The average molecular weight is 356 g/mol. The molecule has 1 aliphatic carbocycles. The standard InChI is InChI=1S/C15H20N2O6S/c1-22-14(18)10-5-11(15(19)23-2)7-12(6-10)24(20,21)17-8-13(16)9-3-4-9/h5-7,9,13,17H,3-4,8,16H2,1-2H3. The summed E-state index contributed by atoms with van der Waals surface area (Å²) in [5.41, 5.74) is 5.76. The molecule has 1 aliphatic rings. The second-order valence-corrected chi connectivity index (χ2v) is 7.35. The van der Waals surface area contributed by atoms with Gasteiger partial charge in [0.1, 0.15) is 0 Å². The monoisotopic (exact) mass is 356 g/mol. The summed E-state index contributed by atoms with van der Waals surface area (Å²) >= 11 is 0. The Morgan fingerprint density at radius 1 is 1.17 bits per heavy atom. The Hall–Kier alpha value is -1.97. The summed E-state index contributed by atoms with van der Waals surface area (Å²) in [6.45, 7) is 0.0863. The number of rotatable bonds is 7. The molecular formula is C15H20N2O6S. The van der Waals surface area contributed by atoms with Crippen molar-refractivity contribution in [3.8, 4) is 0 Å². The first kappa shape index (κ1) is 18.4. The van der Waals surface area contributed by atoms with Crippen molar-refractivity contribution in [3.63, 3.8) is 0 Å². The smallest absolute Gasteiger partial charge is 0.337 e. The van der Waals surface area contributed by atoms with Crippen LogP contribution in [-0.4, -0.2) is 47.2 Å². The molecule has 1 aromatic carbocycles. The number of hydrogen-bond acceptors (Lipinski definition) is 7. The van der Waals surface area contributed by atoms with E-state index in [0.29, 0.717) is 5.92 Å². The van der Waals surface area contributed by atoms with Crippen LogP contribution in [0.1, 0.15) is 33.6 Å². The van der Waals surface area contributed by atoms with E-state index in [1.165, 1.54) is 6.07 Å². The first-order chi connectivity index (χ1) is 11.3. The molecule has 0 radical (unpaired) electrons. The van der Waals surface area contributed by atoms with Gasteiger partial charge in [-0.1, -0.05) is 0 Å². The molecule has 0 amide bonds. The van der Waals surface area contributed by atoms with Crippen molar-refractivity contribution in [2.45, 2.75) is 23.8 Å². The predicted molar refractivity (Wildman–Crippen MR) is 85.0 cm³/mol. The Labute approximate surface area is 140 Å². The topological polar surface area (TPSA) is 125 Å². The van der Waals surface area contributed by atoms with Gasteiger partial charge in [0.2, 0.25) is 10.0 Å². The lowest BCUT2D eigenvalue weighted by Gasteiger charge is -2.13. The van der Waals surface area contributed by atoms with Crippen LogP contribution in [-0.2, 0) is 19.5 Å². The SMILES string of the molecule is COC(=O)c1cc(C(=O)OC)cc(S(=O)(=O)NCC(N)C2CC2)c1. The number of nitrogens with two attached hydrogens (primary N) is 1. The molecule has 3 N–H and O–H groups in total. The van der Waals surface area contributed by atoms with Gasteiger partial charge in [0.05, 0.1) is 30.2 Å². The summed E-state index contributed by atoms with van der Waals surface area (Å²) in [5, 5.41) is 0. The molecule has 0 aliphatic heterocycles. The number of benzene rings is 1. The van der Waals surface area contributed by atoms with Gasteiger partial charge in [0.15, 0.2) is 0 Å². The summed E-state index contributed by atoms with van der Waals surface area (Å²) in [5.74, 6) is -1.18. The zero-order chi connectivity index (χ0) is 17.9. The Morgan fingerprint density at radius 2 is 1.67 bits per heavy atom. The van der Waals surface area contributed by atoms with Crippen LogP contribution in [0.3, 0.4) is 0 Å². The van der Waals surface area contributed by atoms with E-state index in [4.69, 9.17) is 5.73 Å². The first-order valence-corrected chi connectivity index (χ1v) is 8.83. The third kappa shape index (κ3) is 4.31. The Kier molecular flexibility index (Phi) is 5.58. The van der Waals surface area contributed by atoms with E-state index in [0.717, 1.165) is 39.2 Å². The van der Waals surface area contributed by atoms with Crippen LogP contribution in [0.4, 0.5) is 0 Å². The molecule has 1 atom stereocenters. The molecule has 2 rings (SSSR count). The summed E-state index contributed by atoms with van der Waals surface area (Å²) in [7, 11) is -1.61. The Balaban J connectivity index is 2.31. The van der Waals surface area contributed by atoms with Gasteiger partial charge in [0.25, 0.3) is 0 Å². The van der Waals surface area contributed by atoms with Crippen molar-refractivity contribution in [1.82, 2.24) is 4.72 Å². The van der Waals surface area contributed by atoms with Gasteiger partial charge in [-0.3, -0.25) is 0 Å². The second kappa shape index (κ2) is 7.29. The van der Waals surface area contributed by atoms with E-state index >= 15 is 0 Å². The highest BCUT2D eigenvalue weighted by Crippen LogP contribution is 2.31. The fraction of sp³-hybridized carbons (Fsp3) is 0.467. The molecule has 0 spiro atoms. The summed E-state index contributed by atoms with van der Waals surface area (Å²) < 4.78 is 36.4. The Bertz CT molecular complexity index is 708. The van der Waals surface area contributed by atoms with Gasteiger partial charge in [-0.25, -0.2) is 22.7 Å². The lowest BCUT2D eigenvalue weighted by atomic mass is 10.1. The molecule has 0 saturated heterocycles. The first-order valence-electron chi connectivity index (χ1n) is 7.35. The third-order valence-corrected chi connectivity index (χ3v) is 5.20. The lowest BCUT2D eigenvalue weighted by Crippen LogP contribution is -2.38. The van der Waals surface area contributed by atoms with Gasteiger partial charge in [-0.05, 0) is 37.0 Å². The number of hydrogen-bond donors (Lipinski definition) is 2. The van der Waals surface area contributed by atoms with E-state index in [2.05, 4.69) is 14.2 Å². The normalized spacial score (nSPS) is 15.6. The maximum Gasteiger partial charge on any atom is 0.337 e. The van der Waals surface area contributed by atoms with E-state index in [1.54, 1.807) is 0 Å². The van der Waals surface area contributed by atoms with Crippen LogP contribution in [0.15, 0.2) is 23.1 Å². The molecular weight excluding hydrogens is 336 g/mol. The molecule has 1 saturated carbocycles. The molecule has 24 heavy (non-hydrogen) atoms. The number of carbonyl (C=O) groups is 2. The molecule has 1 unspecified atom stereocenters. The minimum Gasteiger partial charge on any atom is -0.465 e. The van der Waals surface area contributed by atoms with Crippen LogP contribution < -0.4 is 10.5 Å². The van der Waals surface area contributed by atoms with E-state index in [1.807, 2.05) is 0 Å². The molecule has 0 heterocycles. The fourth-order valence-electron chi connectivity index (χ4n) is 2.21. The van der Waals surface area contributed by atoms with Crippen molar-refractivity contribution >= 4 is 22.0 Å². The van der Waals surface area contributed by atoms with Gasteiger partial charge < -0.3 is 15.2 Å². The number of carbonyl (C=O) groups excluding carboxylic acids is 2. The maximum absolute atomic E-state index is 12.4. The molecule has 8 nitrogen and oxygen atoms in total. The summed E-state index contributed by atoms with van der Waals surface area (Å²) in [6.07, 6.45) is 1.99. The summed E-state index contributed by atoms with van der Waals surface area (Å²) in [6, 6.07) is 3.24. The molecule has 132 valence electrons. The molecule has 0 bridgehead atoms. The maximum atomic E-state index is 12.4. The van der Waals surface area contributed by atoms with Crippen molar-refractivity contribution in [1.29, 1.82) is 0 Å². The quantitative estimate of drug-likeness (QED) is 0.672. The molecule has 1 aromatic rings. The molecule has 1 fully saturated rings. The number of ether oxygens (including phenoxy) is 2. The average Bonchev–Trinajstić information content (AvgIpc) is 3.42. The van der Waals surface area contributed by atoms with Gasteiger partial charge in [-0.15, -0.1) is 0 Å². The molecule has 0 aromatic heterocycles. The fourth-order valence-corrected chi connectivity index (χ4v) is 3.35. The zero-order valence-corrected chi connectivity index (χ0v) is 14.3. The highest BCUT2D eigenvalue weighted by atomic mass is 32.2. The number of methoxy groups -OCH3 is 2. The summed E-state index contributed by atoms with van der Waals surface area (Å²) in [4.78, 5) is 23.2. The minimum atomic E-state index is -3.94. The largest absolute Gasteiger partial charge is 0.465 e. The van der Waals surface area contributed by atoms with Gasteiger partial charge >= 0.3 is 11.9 Å². The zero-order valence-electron chi connectivity index (χ0n) is 13.4. The van der Waals surface area contributed by atoms with Crippen LogP contribution in [0.25, 0.3) is 0 Å². The van der Waals surface area contributed by atoms with Crippen LogP contribution >= 0.6 is 0 Å². The number of esters is 2.